The Morgan fingerprint density at radius 1 is 0.208 bits per heavy atom. The maximum absolute atomic E-state index is 6.20. The van der Waals surface area contributed by atoms with Crippen molar-refractivity contribution >= 4 is 43.1 Å². The Balaban J connectivity index is 0.000000116. The van der Waals surface area contributed by atoms with Crippen LogP contribution in [0.1, 0.15) is 225 Å². The molecule has 0 atom stereocenters. The molecule has 0 amide bonds. The molecule has 4 heteroatoms. The van der Waals surface area contributed by atoms with Gasteiger partial charge in [0.15, 0.2) is 0 Å². The fraction of sp³-hybridized carbons (Fsp3) is 0.304. The van der Waals surface area contributed by atoms with Crippen LogP contribution < -0.4 is 18.9 Å². The van der Waals surface area contributed by atoms with Gasteiger partial charge in [0, 0.05) is 44.2 Å². The van der Waals surface area contributed by atoms with Crippen molar-refractivity contribution in [2.45, 2.75) is 185 Å². The SMILES string of the molecule is CC(C)c1ccc2c(c1)COc1c-2ccc2cc(C(C)C)ccc12.CC(C)c1ccc2c(c1)COc1c-2ccc2cc(C(C)C)ccc12.CC(C)c1ccc2c(c1)OCc1c-2ccc2cc(C(C)C)ccc12.CC(C)c1ccc2c(c1)OCc1c-2ccc2cc(C(C)C)ccc12. The fourth-order valence-electron chi connectivity index (χ4n) is 14.2. The lowest BCUT2D eigenvalue weighted by Gasteiger charge is -2.24. The van der Waals surface area contributed by atoms with Crippen LogP contribution in [0.15, 0.2) is 194 Å². The second kappa shape index (κ2) is 27.2. The van der Waals surface area contributed by atoms with Crippen molar-refractivity contribution in [2.75, 3.05) is 0 Å². The number of rotatable bonds is 8. The Labute approximate surface area is 571 Å². The van der Waals surface area contributed by atoms with Crippen LogP contribution in [0.5, 0.6) is 23.0 Å². The number of ether oxygens (including phenoxy) is 4. The molecule has 0 spiro atoms. The topological polar surface area (TPSA) is 36.9 Å². The highest BCUT2D eigenvalue weighted by molar-refractivity contribution is 5.99. The zero-order chi connectivity index (χ0) is 67.4. The van der Waals surface area contributed by atoms with Gasteiger partial charge in [-0.15, -0.1) is 0 Å². The second-order valence-electron chi connectivity index (χ2n) is 29.7. The molecule has 4 aliphatic rings. The molecule has 4 heterocycles. The molecule has 4 aliphatic heterocycles. The molecule has 0 N–H and O–H groups in total. The van der Waals surface area contributed by atoms with Crippen molar-refractivity contribution in [3.8, 4) is 67.5 Å². The van der Waals surface area contributed by atoms with E-state index in [0.29, 0.717) is 73.8 Å². The monoisotopic (exact) mass is 1260 g/mol. The van der Waals surface area contributed by atoms with Gasteiger partial charge in [-0.1, -0.05) is 293 Å². The van der Waals surface area contributed by atoms with Crippen molar-refractivity contribution in [3.05, 3.63) is 261 Å². The first-order valence-corrected chi connectivity index (χ1v) is 35.5. The third-order valence-electron chi connectivity index (χ3n) is 20.6. The lowest BCUT2D eigenvalue weighted by Crippen LogP contribution is -2.07. The largest absolute Gasteiger partial charge is 0.488 e. The van der Waals surface area contributed by atoms with Gasteiger partial charge in [-0.25, -0.2) is 0 Å². The minimum atomic E-state index is 0.520. The summed E-state index contributed by atoms with van der Waals surface area (Å²) < 4.78 is 24.6. The van der Waals surface area contributed by atoms with Gasteiger partial charge in [0.2, 0.25) is 0 Å². The smallest absolute Gasteiger partial charge is 0.135 e. The van der Waals surface area contributed by atoms with Crippen LogP contribution in [0, 0.1) is 0 Å². The molecule has 12 aromatic carbocycles. The van der Waals surface area contributed by atoms with Crippen LogP contribution in [0.4, 0.5) is 0 Å². The molecule has 0 unspecified atom stereocenters. The van der Waals surface area contributed by atoms with Crippen LogP contribution in [-0.2, 0) is 26.4 Å². The van der Waals surface area contributed by atoms with Crippen LogP contribution in [0.3, 0.4) is 0 Å². The molecule has 0 aliphatic carbocycles. The average Bonchev–Trinajstić information content (AvgIpc) is 0.781. The summed E-state index contributed by atoms with van der Waals surface area (Å²) in [5, 5.41) is 10.2. The van der Waals surface area contributed by atoms with E-state index in [0.717, 1.165) is 23.0 Å². The number of benzene rings is 12. The minimum Gasteiger partial charge on any atom is -0.488 e. The van der Waals surface area contributed by atoms with E-state index in [-0.39, 0.29) is 0 Å². The van der Waals surface area contributed by atoms with E-state index in [1.807, 2.05) is 0 Å². The Kier molecular flexibility index (Phi) is 18.6. The van der Waals surface area contributed by atoms with E-state index in [9.17, 15) is 0 Å². The van der Waals surface area contributed by atoms with Gasteiger partial charge in [0.05, 0.1) is 0 Å². The van der Waals surface area contributed by atoms with E-state index < -0.39 is 0 Å². The molecule has 0 radical (unpaired) electrons. The number of hydrogen-bond acceptors (Lipinski definition) is 4. The standard InChI is InChI=1S/4C23H24O/c2*1-14(2)16-5-8-19-18(11-16)7-9-20-21-10-6-17(15(3)4)12-23(21)24-13-22(19)20;2*1-14(2)16-6-9-21-18(11-16)7-10-22-20-8-5-17(15(3)4)12-19(20)13-24-23(21)22/h4*5-12,14-15H,13H2,1-4H3. The summed E-state index contributed by atoms with van der Waals surface area (Å²) in [6.45, 7) is 38.4. The normalized spacial score (nSPS) is 13.1. The highest BCUT2D eigenvalue weighted by Gasteiger charge is 2.26. The highest BCUT2D eigenvalue weighted by atomic mass is 16.5. The second-order valence-corrected chi connectivity index (χ2v) is 29.7. The third-order valence-corrected chi connectivity index (χ3v) is 20.6. The number of hydrogen-bond donors (Lipinski definition) is 0. The maximum atomic E-state index is 6.20. The summed E-state index contributed by atoms with van der Waals surface area (Å²) in [4.78, 5) is 0. The molecule has 4 nitrogen and oxygen atoms in total. The Morgan fingerprint density at radius 2 is 0.458 bits per heavy atom. The summed E-state index contributed by atoms with van der Waals surface area (Å²) in [7, 11) is 0. The van der Waals surface area contributed by atoms with E-state index in [4.69, 9.17) is 18.9 Å². The van der Waals surface area contributed by atoms with Gasteiger partial charge in [0.1, 0.15) is 49.4 Å². The molecule has 12 aromatic rings. The van der Waals surface area contributed by atoms with E-state index in [1.165, 1.54) is 154 Å². The van der Waals surface area contributed by atoms with Gasteiger partial charge in [-0.3, -0.25) is 0 Å². The first-order chi connectivity index (χ1) is 46.2. The zero-order valence-corrected chi connectivity index (χ0v) is 59.6. The van der Waals surface area contributed by atoms with E-state index in [1.54, 1.807) is 0 Å². The van der Waals surface area contributed by atoms with Crippen LogP contribution >= 0.6 is 0 Å². The first kappa shape index (κ1) is 65.5. The van der Waals surface area contributed by atoms with Crippen molar-refractivity contribution in [2.24, 2.45) is 0 Å². The van der Waals surface area contributed by atoms with Gasteiger partial charge in [0.25, 0.3) is 0 Å². The Morgan fingerprint density at radius 3 is 0.781 bits per heavy atom. The predicted octanol–water partition coefficient (Wildman–Crippen LogP) is 26.6. The summed E-state index contributed by atoms with van der Waals surface area (Å²) in [5.41, 5.74) is 26.3. The van der Waals surface area contributed by atoms with Crippen LogP contribution in [0.2, 0.25) is 0 Å². The summed E-state index contributed by atoms with van der Waals surface area (Å²) in [6.07, 6.45) is 0. The van der Waals surface area contributed by atoms with Crippen LogP contribution in [-0.4, -0.2) is 0 Å². The number of fused-ring (bicyclic) bond motifs is 20. The molecule has 0 saturated carbocycles. The molecular weight excluding hydrogens is 1170 g/mol. The molecule has 0 aromatic heterocycles. The molecule has 0 bridgehead atoms. The van der Waals surface area contributed by atoms with Gasteiger partial charge >= 0.3 is 0 Å². The van der Waals surface area contributed by atoms with Gasteiger partial charge < -0.3 is 18.9 Å². The molecule has 16 rings (SSSR count). The Bertz CT molecular complexity index is 4290. The van der Waals surface area contributed by atoms with Gasteiger partial charge in [-0.2, -0.15) is 0 Å². The van der Waals surface area contributed by atoms with E-state index >= 15 is 0 Å². The minimum absolute atomic E-state index is 0.520. The summed E-state index contributed by atoms with van der Waals surface area (Å²) in [5.74, 6) is 8.43. The summed E-state index contributed by atoms with van der Waals surface area (Å²) >= 11 is 0. The van der Waals surface area contributed by atoms with Crippen molar-refractivity contribution in [1.82, 2.24) is 0 Å². The molecule has 488 valence electrons. The lowest BCUT2D eigenvalue weighted by atomic mass is 9.89. The third kappa shape index (κ3) is 12.9. The maximum Gasteiger partial charge on any atom is 0.135 e. The fourth-order valence-corrected chi connectivity index (χ4v) is 14.2. The van der Waals surface area contributed by atoms with Gasteiger partial charge in [-0.05, 0) is 170 Å². The lowest BCUT2D eigenvalue weighted by molar-refractivity contribution is 0.303. The first-order valence-electron chi connectivity index (χ1n) is 35.5. The molecule has 0 saturated heterocycles. The van der Waals surface area contributed by atoms with Crippen molar-refractivity contribution in [3.63, 3.8) is 0 Å². The average molecular weight is 1270 g/mol. The van der Waals surface area contributed by atoms with Crippen molar-refractivity contribution in [1.29, 1.82) is 0 Å². The molecular formula is C92H96O4. The summed E-state index contributed by atoms with van der Waals surface area (Å²) in [6, 6.07) is 72.0. The predicted molar refractivity (Wildman–Crippen MR) is 408 cm³/mol. The molecule has 96 heavy (non-hydrogen) atoms. The quantitative estimate of drug-likeness (QED) is 0.152. The molecule has 0 fully saturated rings. The van der Waals surface area contributed by atoms with Crippen LogP contribution in [0.25, 0.3) is 87.6 Å². The van der Waals surface area contributed by atoms with E-state index in [2.05, 4.69) is 305 Å². The zero-order valence-electron chi connectivity index (χ0n) is 59.6. The van der Waals surface area contributed by atoms with Crippen molar-refractivity contribution < 1.29 is 18.9 Å². The highest BCUT2D eigenvalue weighted by Crippen LogP contribution is 2.48. The Hall–Kier alpha value is -9.12.